The number of carbonyl (C=O) groups excluding carboxylic acids is 1. The van der Waals surface area contributed by atoms with Crippen molar-refractivity contribution in [3.63, 3.8) is 0 Å². The van der Waals surface area contributed by atoms with Gasteiger partial charge in [0.15, 0.2) is 5.78 Å². The summed E-state index contributed by atoms with van der Waals surface area (Å²) in [5, 5.41) is 0. The number of carbonyl (C=O) groups is 1. The molecule has 0 atom stereocenters. The van der Waals surface area contributed by atoms with Crippen LogP contribution in [-0.2, 0) is 16.6 Å². The minimum absolute atomic E-state index is 0.228. The van der Waals surface area contributed by atoms with Crippen LogP contribution < -0.4 is 0 Å². The molecule has 1 saturated carbocycles. The van der Waals surface area contributed by atoms with E-state index in [1.54, 1.807) is 6.26 Å². The van der Waals surface area contributed by atoms with E-state index in [1.165, 1.54) is 0 Å². The summed E-state index contributed by atoms with van der Waals surface area (Å²) < 4.78 is 5.24. The Balaban J connectivity index is 1.82. The van der Waals surface area contributed by atoms with Crippen molar-refractivity contribution in [1.29, 1.82) is 0 Å². The molecule has 0 N–H and O–H groups in total. The Labute approximate surface area is 100 Å². The van der Waals surface area contributed by atoms with E-state index < -0.39 is 0 Å². The van der Waals surface area contributed by atoms with E-state index in [1.807, 2.05) is 42.5 Å². The molecule has 2 nitrogen and oxygen atoms in total. The maximum Gasteiger partial charge on any atom is 0.150 e. The normalized spacial score (nSPS) is 16.7. The van der Waals surface area contributed by atoms with Crippen molar-refractivity contribution in [2.24, 2.45) is 0 Å². The summed E-state index contributed by atoms with van der Waals surface area (Å²) in [6.45, 7) is 0. The van der Waals surface area contributed by atoms with Crippen LogP contribution in [0.4, 0.5) is 0 Å². The molecule has 1 aromatic carbocycles. The molecule has 0 bridgehead atoms. The van der Waals surface area contributed by atoms with Gasteiger partial charge in [-0.05, 0) is 30.5 Å². The summed E-state index contributed by atoms with van der Waals surface area (Å²) >= 11 is 0. The molecule has 1 aromatic heterocycles. The maximum absolute atomic E-state index is 12.3. The Kier molecular flexibility index (Phi) is 2.36. The number of rotatable bonds is 4. The lowest BCUT2D eigenvalue weighted by Gasteiger charge is -2.13. The van der Waals surface area contributed by atoms with Crippen LogP contribution in [0.2, 0.25) is 0 Å². The van der Waals surface area contributed by atoms with Crippen LogP contribution in [0.15, 0.2) is 53.1 Å². The van der Waals surface area contributed by atoms with E-state index in [9.17, 15) is 4.79 Å². The predicted octanol–water partition coefficient (Wildman–Crippen LogP) is 3.12. The lowest BCUT2D eigenvalue weighted by molar-refractivity contribution is -0.121. The molecular formula is C15H14O2. The van der Waals surface area contributed by atoms with Gasteiger partial charge in [-0.2, -0.15) is 0 Å². The van der Waals surface area contributed by atoms with Gasteiger partial charge >= 0.3 is 0 Å². The number of furan rings is 1. The quantitative estimate of drug-likeness (QED) is 0.801. The third-order valence-corrected chi connectivity index (χ3v) is 3.53. The van der Waals surface area contributed by atoms with Gasteiger partial charge in [-0.3, -0.25) is 4.79 Å². The van der Waals surface area contributed by atoms with Crippen LogP contribution in [0, 0.1) is 0 Å². The average molecular weight is 226 g/mol. The molecule has 1 aliphatic carbocycles. The summed E-state index contributed by atoms with van der Waals surface area (Å²) in [7, 11) is 0. The number of hydrogen-bond acceptors (Lipinski definition) is 2. The topological polar surface area (TPSA) is 30.2 Å². The molecule has 2 aromatic rings. The van der Waals surface area contributed by atoms with E-state index in [0.29, 0.717) is 6.42 Å². The van der Waals surface area contributed by atoms with Gasteiger partial charge < -0.3 is 4.42 Å². The fourth-order valence-corrected chi connectivity index (χ4v) is 2.35. The van der Waals surface area contributed by atoms with Gasteiger partial charge in [0, 0.05) is 0 Å². The third-order valence-electron chi connectivity index (χ3n) is 3.53. The number of hydrogen-bond donors (Lipinski definition) is 0. The number of Topliss-reactive ketones (excluding diaryl/α,β-unsaturated/α-hetero) is 1. The second-order valence-corrected chi connectivity index (χ2v) is 4.63. The molecule has 2 heteroatoms. The molecule has 1 heterocycles. The lowest BCUT2D eigenvalue weighted by atomic mass is 9.89. The largest absolute Gasteiger partial charge is 0.469 e. The SMILES string of the molecule is O=C(Cc1ccco1)C1(c2ccccc2)CC1. The van der Waals surface area contributed by atoms with Gasteiger partial charge in [0.05, 0.1) is 18.1 Å². The molecule has 0 unspecified atom stereocenters. The van der Waals surface area contributed by atoms with Crippen molar-refractivity contribution >= 4 is 5.78 Å². The Morgan fingerprint density at radius 2 is 1.88 bits per heavy atom. The monoisotopic (exact) mass is 226 g/mol. The summed E-state index contributed by atoms with van der Waals surface area (Å²) in [5.41, 5.74) is 0.921. The minimum Gasteiger partial charge on any atom is -0.469 e. The van der Waals surface area contributed by atoms with Crippen molar-refractivity contribution in [2.75, 3.05) is 0 Å². The Hall–Kier alpha value is -1.83. The van der Waals surface area contributed by atoms with Crippen molar-refractivity contribution in [2.45, 2.75) is 24.7 Å². The van der Waals surface area contributed by atoms with Crippen LogP contribution in [0.5, 0.6) is 0 Å². The second-order valence-electron chi connectivity index (χ2n) is 4.63. The second kappa shape index (κ2) is 3.88. The van der Waals surface area contributed by atoms with Crippen LogP contribution >= 0.6 is 0 Å². The highest BCUT2D eigenvalue weighted by Gasteiger charge is 2.50. The standard InChI is InChI=1S/C15H14O2/c16-14(11-13-7-4-10-17-13)15(8-9-15)12-5-2-1-3-6-12/h1-7,10H,8-9,11H2. The molecule has 1 aliphatic rings. The van der Waals surface area contributed by atoms with Crippen LogP contribution in [0.25, 0.3) is 0 Å². The zero-order chi connectivity index (χ0) is 11.7. The zero-order valence-corrected chi connectivity index (χ0v) is 9.56. The highest BCUT2D eigenvalue weighted by atomic mass is 16.3. The lowest BCUT2D eigenvalue weighted by Crippen LogP contribution is -2.22. The summed E-state index contributed by atoms with van der Waals surface area (Å²) in [6.07, 6.45) is 3.96. The molecule has 1 fully saturated rings. The van der Waals surface area contributed by atoms with E-state index in [0.717, 1.165) is 24.2 Å². The predicted molar refractivity (Wildman–Crippen MR) is 64.8 cm³/mol. The highest BCUT2D eigenvalue weighted by molar-refractivity contribution is 5.94. The molecule has 0 amide bonds. The molecule has 0 aliphatic heterocycles. The van der Waals surface area contributed by atoms with Gasteiger partial charge in [0.1, 0.15) is 5.76 Å². The van der Waals surface area contributed by atoms with Crippen LogP contribution in [0.3, 0.4) is 0 Å². The van der Waals surface area contributed by atoms with Crippen molar-refractivity contribution in [1.82, 2.24) is 0 Å². The van der Waals surface area contributed by atoms with E-state index in [4.69, 9.17) is 4.42 Å². The zero-order valence-electron chi connectivity index (χ0n) is 9.56. The van der Waals surface area contributed by atoms with Gasteiger partial charge in [-0.1, -0.05) is 30.3 Å². The molecule has 3 rings (SSSR count). The van der Waals surface area contributed by atoms with E-state index >= 15 is 0 Å². The van der Waals surface area contributed by atoms with Gasteiger partial charge in [0.25, 0.3) is 0 Å². The van der Waals surface area contributed by atoms with Crippen molar-refractivity contribution < 1.29 is 9.21 Å². The van der Waals surface area contributed by atoms with Crippen molar-refractivity contribution in [3.8, 4) is 0 Å². The average Bonchev–Trinajstić information content (AvgIpc) is 3.04. The first kappa shape index (κ1) is 10.3. The highest BCUT2D eigenvalue weighted by Crippen LogP contribution is 2.49. The summed E-state index contributed by atoms with van der Waals surface area (Å²) in [5.74, 6) is 1.04. The van der Waals surface area contributed by atoms with Crippen LogP contribution in [-0.4, -0.2) is 5.78 Å². The Bertz CT molecular complexity index is 507. The Morgan fingerprint density at radius 3 is 2.47 bits per heavy atom. The minimum atomic E-state index is -0.228. The molecular weight excluding hydrogens is 212 g/mol. The van der Waals surface area contributed by atoms with Crippen molar-refractivity contribution in [3.05, 3.63) is 60.1 Å². The van der Waals surface area contributed by atoms with Gasteiger partial charge in [-0.25, -0.2) is 0 Å². The summed E-state index contributed by atoms with van der Waals surface area (Å²) in [6, 6.07) is 13.8. The molecule has 0 radical (unpaired) electrons. The fourth-order valence-electron chi connectivity index (χ4n) is 2.35. The number of ketones is 1. The number of benzene rings is 1. The first-order chi connectivity index (χ1) is 8.31. The molecule has 0 spiro atoms. The molecule has 0 saturated heterocycles. The fraction of sp³-hybridized carbons (Fsp3) is 0.267. The smallest absolute Gasteiger partial charge is 0.150 e. The first-order valence-electron chi connectivity index (χ1n) is 5.92. The summed E-state index contributed by atoms with van der Waals surface area (Å²) in [4.78, 5) is 12.3. The molecule has 86 valence electrons. The maximum atomic E-state index is 12.3. The van der Waals surface area contributed by atoms with E-state index in [2.05, 4.69) is 0 Å². The van der Waals surface area contributed by atoms with Gasteiger partial charge in [-0.15, -0.1) is 0 Å². The van der Waals surface area contributed by atoms with Gasteiger partial charge in [0.2, 0.25) is 0 Å². The Morgan fingerprint density at radius 1 is 1.12 bits per heavy atom. The van der Waals surface area contributed by atoms with Crippen LogP contribution in [0.1, 0.15) is 24.2 Å². The third kappa shape index (κ3) is 1.80. The molecule has 17 heavy (non-hydrogen) atoms. The van der Waals surface area contributed by atoms with E-state index in [-0.39, 0.29) is 11.2 Å². The first-order valence-corrected chi connectivity index (χ1v) is 5.92.